The molecular formula is C21H24N2O2. The summed E-state index contributed by atoms with van der Waals surface area (Å²) < 4.78 is 0. The van der Waals surface area contributed by atoms with Crippen molar-refractivity contribution in [1.82, 2.24) is 5.32 Å². The van der Waals surface area contributed by atoms with Gasteiger partial charge >= 0.3 is 0 Å². The summed E-state index contributed by atoms with van der Waals surface area (Å²) in [5, 5.41) is 5.84. The van der Waals surface area contributed by atoms with Crippen molar-refractivity contribution in [3.63, 3.8) is 0 Å². The summed E-state index contributed by atoms with van der Waals surface area (Å²) in [6, 6.07) is 15.8. The van der Waals surface area contributed by atoms with Crippen LogP contribution in [0.25, 0.3) is 0 Å². The second kappa shape index (κ2) is 7.09. The third-order valence-corrected chi connectivity index (χ3v) is 4.94. The lowest BCUT2D eigenvalue weighted by atomic mass is 9.70. The fourth-order valence-electron chi connectivity index (χ4n) is 3.62. The minimum atomic E-state index is -0.482. The summed E-state index contributed by atoms with van der Waals surface area (Å²) in [6.45, 7) is 3.97. The lowest BCUT2D eigenvalue weighted by molar-refractivity contribution is -0.127. The number of rotatable bonds is 4. The summed E-state index contributed by atoms with van der Waals surface area (Å²) in [5.74, 6) is -0.0444. The highest BCUT2D eigenvalue weighted by Gasteiger charge is 2.38. The van der Waals surface area contributed by atoms with Crippen LogP contribution in [0.5, 0.6) is 0 Å². The molecule has 1 atom stereocenters. The Morgan fingerprint density at radius 3 is 2.72 bits per heavy atom. The number of aryl methyl sites for hydroxylation is 1. The van der Waals surface area contributed by atoms with E-state index in [0.29, 0.717) is 6.54 Å². The highest BCUT2D eigenvalue weighted by atomic mass is 16.2. The van der Waals surface area contributed by atoms with E-state index in [1.807, 2.05) is 43.3 Å². The Bertz CT molecular complexity index is 800. The number of fused-ring (bicyclic) bond motifs is 1. The van der Waals surface area contributed by atoms with Gasteiger partial charge in [-0.25, -0.2) is 0 Å². The second-order valence-electron chi connectivity index (χ2n) is 6.91. The van der Waals surface area contributed by atoms with Gasteiger partial charge in [0.1, 0.15) is 0 Å². The van der Waals surface area contributed by atoms with Gasteiger partial charge in [-0.1, -0.05) is 36.4 Å². The number of hydrogen-bond acceptors (Lipinski definition) is 2. The fourth-order valence-corrected chi connectivity index (χ4v) is 3.62. The van der Waals surface area contributed by atoms with Crippen LogP contribution in [0.1, 0.15) is 43.4 Å². The number of amides is 2. The van der Waals surface area contributed by atoms with Crippen molar-refractivity contribution in [3.05, 3.63) is 65.2 Å². The maximum absolute atomic E-state index is 12.9. The van der Waals surface area contributed by atoms with Crippen LogP contribution in [0, 0.1) is 0 Å². The van der Waals surface area contributed by atoms with Gasteiger partial charge in [0.05, 0.1) is 5.41 Å². The molecule has 25 heavy (non-hydrogen) atoms. The minimum absolute atomic E-state index is 0.0598. The largest absolute Gasteiger partial charge is 0.351 e. The molecule has 130 valence electrons. The molecule has 2 amide bonds. The smallest absolute Gasteiger partial charge is 0.230 e. The van der Waals surface area contributed by atoms with Crippen LogP contribution in [0.4, 0.5) is 5.69 Å². The predicted octanol–water partition coefficient (Wildman–Crippen LogP) is 3.56. The summed E-state index contributed by atoms with van der Waals surface area (Å²) in [4.78, 5) is 24.1. The van der Waals surface area contributed by atoms with Crippen LogP contribution in [-0.4, -0.2) is 11.8 Å². The summed E-state index contributed by atoms with van der Waals surface area (Å²) in [7, 11) is 0. The van der Waals surface area contributed by atoms with Gasteiger partial charge in [-0.3, -0.25) is 9.59 Å². The zero-order valence-corrected chi connectivity index (χ0v) is 14.8. The quantitative estimate of drug-likeness (QED) is 0.897. The van der Waals surface area contributed by atoms with Crippen molar-refractivity contribution in [3.8, 4) is 0 Å². The number of hydrogen-bond donors (Lipinski definition) is 2. The Morgan fingerprint density at radius 1 is 1.12 bits per heavy atom. The maximum Gasteiger partial charge on any atom is 0.230 e. The molecule has 0 radical (unpaired) electrons. The van der Waals surface area contributed by atoms with E-state index in [4.69, 9.17) is 0 Å². The first kappa shape index (κ1) is 17.2. The van der Waals surface area contributed by atoms with Crippen LogP contribution < -0.4 is 10.6 Å². The van der Waals surface area contributed by atoms with Crippen LogP contribution in [0.15, 0.2) is 48.5 Å². The van der Waals surface area contributed by atoms with Crippen LogP contribution in [-0.2, 0) is 28.0 Å². The van der Waals surface area contributed by atoms with Crippen molar-refractivity contribution < 1.29 is 9.59 Å². The SMILES string of the molecule is CC(=O)Nc1cccc(CNC(=O)[C@]2(C)CCCc3ccccc32)c1. The summed E-state index contributed by atoms with van der Waals surface area (Å²) >= 11 is 0. The number of carbonyl (C=O) groups excluding carboxylic acids is 2. The topological polar surface area (TPSA) is 58.2 Å². The second-order valence-corrected chi connectivity index (χ2v) is 6.91. The molecule has 2 aromatic rings. The molecule has 0 fully saturated rings. The molecule has 2 N–H and O–H groups in total. The van der Waals surface area contributed by atoms with E-state index < -0.39 is 5.41 Å². The van der Waals surface area contributed by atoms with Gasteiger partial charge < -0.3 is 10.6 Å². The van der Waals surface area contributed by atoms with Gasteiger partial charge in [-0.15, -0.1) is 0 Å². The maximum atomic E-state index is 12.9. The van der Waals surface area contributed by atoms with E-state index >= 15 is 0 Å². The van der Waals surface area contributed by atoms with Crippen LogP contribution in [0.2, 0.25) is 0 Å². The van der Waals surface area contributed by atoms with E-state index in [0.717, 1.165) is 36.1 Å². The molecule has 0 heterocycles. The Hall–Kier alpha value is -2.62. The molecular weight excluding hydrogens is 312 g/mol. The average molecular weight is 336 g/mol. The van der Waals surface area contributed by atoms with Gasteiger partial charge in [0.2, 0.25) is 11.8 Å². The summed E-state index contributed by atoms with van der Waals surface area (Å²) in [6.07, 6.45) is 2.93. The van der Waals surface area contributed by atoms with Gasteiger partial charge in [0, 0.05) is 19.2 Å². The molecule has 1 aliphatic rings. The number of carbonyl (C=O) groups is 2. The van der Waals surface area contributed by atoms with Crippen molar-refractivity contribution in [2.24, 2.45) is 0 Å². The molecule has 0 bridgehead atoms. The Kier molecular flexibility index (Phi) is 4.88. The van der Waals surface area contributed by atoms with Gasteiger partial charge in [-0.2, -0.15) is 0 Å². The van der Waals surface area contributed by atoms with E-state index in [1.54, 1.807) is 0 Å². The number of nitrogens with one attached hydrogen (secondary N) is 2. The zero-order valence-electron chi connectivity index (χ0n) is 14.8. The van der Waals surface area contributed by atoms with Crippen molar-refractivity contribution >= 4 is 17.5 Å². The first-order valence-electron chi connectivity index (χ1n) is 8.72. The molecule has 0 aromatic heterocycles. The first-order chi connectivity index (χ1) is 12.0. The minimum Gasteiger partial charge on any atom is -0.351 e. The lowest BCUT2D eigenvalue weighted by Gasteiger charge is -2.34. The molecule has 2 aromatic carbocycles. The van der Waals surface area contributed by atoms with Crippen LogP contribution in [0.3, 0.4) is 0 Å². The van der Waals surface area contributed by atoms with Gasteiger partial charge in [0.25, 0.3) is 0 Å². The van der Waals surface area contributed by atoms with Gasteiger partial charge in [-0.05, 0) is 55.0 Å². The molecule has 4 heteroatoms. The highest BCUT2D eigenvalue weighted by molar-refractivity contribution is 5.89. The lowest BCUT2D eigenvalue weighted by Crippen LogP contribution is -2.44. The highest BCUT2D eigenvalue weighted by Crippen LogP contribution is 2.37. The molecule has 0 saturated carbocycles. The van der Waals surface area contributed by atoms with E-state index in [-0.39, 0.29) is 11.8 Å². The number of anilines is 1. The predicted molar refractivity (Wildman–Crippen MR) is 99.3 cm³/mol. The monoisotopic (exact) mass is 336 g/mol. The van der Waals surface area contributed by atoms with Crippen molar-refractivity contribution in [1.29, 1.82) is 0 Å². The molecule has 0 aliphatic heterocycles. The molecule has 1 aliphatic carbocycles. The van der Waals surface area contributed by atoms with Crippen molar-refractivity contribution in [2.75, 3.05) is 5.32 Å². The van der Waals surface area contributed by atoms with Crippen LogP contribution >= 0.6 is 0 Å². The molecule has 4 nitrogen and oxygen atoms in total. The third kappa shape index (κ3) is 3.73. The standard InChI is InChI=1S/C21H24N2O2/c1-15(24)23-18-10-5-7-16(13-18)14-22-20(25)21(2)12-6-9-17-8-3-4-11-19(17)21/h3-5,7-8,10-11,13H,6,9,12,14H2,1-2H3,(H,22,25)(H,23,24)/t21-/m1/s1. The zero-order chi connectivity index (χ0) is 17.9. The van der Waals surface area contributed by atoms with E-state index in [9.17, 15) is 9.59 Å². The molecule has 0 unspecified atom stereocenters. The average Bonchev–Trinajstić information content (AvgIpc) is 2.60. The van der Waals surface area contributed by atoms with Crippen molar-refractivity contribution in [2.45, 2.75) is 45.1 Å². The molecule has 3 rings (SSSR count). The van der Waals surface area contributed by atoms with E-state index in [1.165, 1.54) is 12.5 Å². The Labute approximate surface area is 148 Å². The van der Waals surface area contributed by atoms with Gasteiger partial charge in [0.15, 0.2) is 0 Å². The number of benzene rings is 2. The molecule has 0 saturated heterocycles. The Morgan fingerprint density at radius 2 is 1.92 bits per heavy atom. The normalized spacial score (nSPS) is 19.0. The fraction of sp³-hybridized carbons (Fsp3) is 0.333. The Balaban J connectivity index is 1.72. The third-order valence-electron chi connectivity index (χ3n) is 4.94. The first-order valence-corrected chi connectivity index (χ1v) is 8.72. The molecule has 0 spiro atoms. The van der Waals surface area contributed by atoms with E-state index in [2.05, 4.69) is 22.8 Å². The summed E-state index contributed by atoms with van der Waals surface area (Å²) in [5.41, 5.74) is 3.65.